The van der Waals surface area contributed by atoms with Crippen molar-refractivity contribution < 1.29 is 9.94 Å². The molecule has 0 amide bonds. The molecule has 0 heterocycles. The van der Waals surface area contributed by atoms with Crippen molar-refractivity contribution in [3.05, 3.63) is 71.3 Å². The van der Waals surface area contributed by atoms with E-state index in [1.165, 1.54) is 0 Å². The maximum atomic E-state index is 8.63. The monoisotopic (exact) mass is 270 g/mol. The zero-order valence-corrected chi connectivity index (χ0v) is 11.4. The van der Waals surface area contributed by atoms with Gasteiger partial charge in [-0.15, -0.1) is 0 Å². The molecule has 2 rings (SSSR count). The zero-order chi connectivity index (χ0) is 14.4. The topological polar surface area (TPSA) is 67.8 Å². The highest BCUT2D eigenvalue weighted by molar-refractivity contribution is 5.80. The predicted octanol–water partition coefficient (Wildman–Crippen LogP) is 2.85. The molecule has 20 heavy (non-hydrogen) atoms. The fourth-order valence-electron chi connectivity index (χ4n) is 2.07. The van der Waals surface area contributed by atoms with Crippen LogP contribution in [0.15, 0.2) is 59.8 Å². The van der Waals surface area contributed by atoms with E-state index in [0.717, 1.165) is 16.7 Å². The Balaban J connectivity index is 2.32. The van der Waals surface area contributed by atoms with Crippen molar-refractivity contribution in [1.82, 2.24) is 0 Å². The second-order valence-electron chi connectivity index (χ2n) is 4.55. The Labute approximate surface area is 118 Å². The third-order valence-electron chi connectivity index (χ3n) is 3.10. The lowest BCUT2D eigenvalue weighted by Crippen LogP contribution is -2.21. The van der Waals surface area contributed by atoms with Crippen LogP contribution in [0, 0.1) is 6.92 Å². The van der Waals surface area contributed by atoms with Gasteiger partial charge in [0, 0.05) is 0 Å². The van der Waals surface area contributed by atoms with Crippen LogP contribution in [0.25, 0.3) is 0 Å². The first-order valence-electron chi connectivity index (χ1n) is 6.41. The van der Waals surface area contributed by atoms with Gasteiger partial charge in [-0.3, -0.25) is 0 Å². The van der Waals surface area contributed by atoms with E-state index in [-0.39, 0.29) is 18.5 Å². The highest BCUT2D eigenvalue weighted by Crippen LogP contribution is 2.28. The Morgan fingerprint density at radius 1 is 1.15 bits per heavy atom. The lowest BCUT2D eigenvalue weighted by molar-refractivity contribution is 0.109. The van der Waals surface area contributed by atoms with Crippen molar-refractivity contribution in [3.63, 3.8) is 0 Å². The molecular weight excluding hydrogens is 252 g/mol. The summed E-state index contributed by atoms with van der Waals surface area (Å²) in [6.45, 7) is 2.11. The van der Waals surface area contributed by atoms with E-state index in [1.807, 2.05) is 61.5 Å². The SMILES string of the molecule is Cc1ccccc1C(OC/C(N)=N/O)c1ccccc1. The summed E-state index contributed by atoms with van der Waals surface area (Å²) >= 11 is 0. The molecule has 0 bridgehead atoms. The average Bonchev–Trinajstić information content (AvgIpc) is 2.50. The van der Waals surface area contributed by atoms with Crippen LogP contribution in [0.1, 0.15) is 22.8 Å². The molecule has 0 radical (unpaired) electrons. The molecule has 0 saturated carbocycles. The highest BCUT2D eigenvalue weighted by Gasteiger charge is 2.16. The largest absolute Gasteiger partial charge is 0.409 e. The van der Waals surface area contributed by atoms with E-state index >= 15 is 0 Å². The molecular formula is C16H18N2O2. The maximum absolute atomic E-state index is 8.63. The van der Waals surface area contributed by atoms with E-state index in [1.54, 1.807) is 0 Å². The number of rotatable bonds is 5. The van der Waals surface area contributed by atoms with Gasteiger partial charge in [0.25, 0.3) is 0 Å². The van der Waals surface area contributed by atoms with Crippen molar-refractivity contribution >= 4 is 5.84 Å². The molecule has 0 spiro atoms. The number of benzene rings is 2. The Morgan fingerprint density at radius 3 is 2.45 bits per heavy atom. The lowest BCUT2D eigenvalue weighted by atomic mass is 9.97. The third kappa shape index (κ3) is 3.36. The second-order valence-corrected chi connectivity index (χ2v) is 4.55. The minimum absolute atomic E-state index is 0.0551. The first-order valence-corrected chi connectivity index (χ1v) is 6.41. The first kappa shape index (κ1) is 14.1. The van der Waals surface area contributed by atoms with Crippen molar-refractivity contribution in [3.8, 4) is 0 Å². The van der Waals surface area contributed by atoms with Crippen LogP contribution >= 0.6 is 0 Å². The Hall–Kier alpha value is -2.33. The van der Waals surface area contributed by atoms with Crippen LogP contribution in [0.5, 0.6) is 0 Å². The second kappa shape index (κ2) is 6.73. The molecule has 1 atom stereocenters. The van der Waals surface area contributed by atoms with E-state index < -0.39 is 0 Å². The Morgan fingerprint density at radius 2 is 1.80 bits per heavy atom. The molecule has 0 aromatic heterocycles. The van der Waals surface area contributed by atoms with Gasteiger partial charge in [0.1, 0.15) is 12.7 Å². The van der Waals surface area contributed by atoms with E-state index in [9.17, 15) is 0 Å². The number of nitrogens with two attached hydrogens (primary N) is 1. The number of nitrogens with zero attached hydrogens (tertiary/aromatic N) is 1. The van der Waals surface area contributed by atoms with Gasteiger partial charge in [0.2, 0.25) is 0 Å². The maximum Gasteiger partial charge on any atom is 0.165 e. The van der Waals surface area contributed by atoms with Gasteiger partial charge >= 0.3 is 0 Å². The van der Waals surface area contributed by atoms with Crippen LogP contribution in [-0.2, 0) is 4.74 Å². The van der Waals surface area contributed by atoms with Crippen LogP contribution in [0.2, 0.25) is 0 Å². The van der Waals surface area contributed by atoms with Crippen LogP contribution < -0.4 is 5.73 Å². The molecule has 0 aliphatic heterocycles. The number of ether oxygens (including phenoxy) is 1. The van der Waals surface area contributed by atoms with Gasteiger partial charge in [-0.1, -0.05) is 59.8 Å². The Bertz CT molecular complexity index is 582. The molecule has 3 N–H and O–H groups in total. The molecule has 0 fully saturated rings. The standard InChI is InChI=1S/C16H18N2O2/c1-12-7-5-6-10-14(12)16(20-11-15(17)18-19)13-8-3-2-4-9-13/h2-10,16,19H,11H2,1H3,(H2,17,18). The van der Waals surface area contributed by atoms with Crippen LogP contribution in [0.3, 0.4) is 0 Å². The zero-order valence-electron chi connectivity index (χ0n) is 11.4. The summed E-state index contributed by atoms with van der Waals surface area (Å²) in [4.78, 5) is 0. The van der Waals surface area contributed by atoms with Crippen LogP contribution in [-0.4, -0.2) is 17.6 Å². The number of amidine groups is 1. The number of hydrogen-bond acceptors (Lipinski definition) is 3. The number of aryl methyl sites for hydroxylation is 1. The molecule has 4 heteroatoms. The molecule has 0 aliphatic rings. The lowest BCUT2D eigenvalue weighted by Gasteiger charge is -2.20. The van der Waals surface area contributed by atoms with Gasteiger partial charge < -0.3 is 15.7 Å². The summed E-state index contributed by atoms with van der Waals surface area (Å²) in [6.07, 6.45) is -0.238. The first-order chi connectivity index (χ1) is 9.72. The van der Waals surface area contributed by atoms with Crippen molar-refractivity contribution in [2.75, 3.05) is 6.61 Å². The van der Waals surface area contributed by atoms with Crippen molar-refractivity contribution in [2.24, 2.45) is 10.9 Å². The summed E-state index contributed by atoms with van der Waals surface area (Å²) in [5, 5.41) is 11.6. The fourth-order valence-corrected chi connectivity index (χ4v) is 2.07. The van der Waals surface area contributed by atoms with E-state index in [2.05, 4.69) is 5.16 Å². The molecule has 2 aromatic carbocycles. The van der Waals surface area contributed by atoms with Crippen molar-refractivity contribution in [1.29, 1.82) is 0 Å². The predicted molar refractivity (Wildman–Crippen MR) is 78.8 cm³/mol. The fraction of sp³-hybridized carbons (Fsp3) is 0.188. The van der Waals surface area contributed by atoms with Gasteiger partial charge in [-0.05, 0) is 23.6 Å². The average molecular weight is 270 g/mol. The smallest absolute Gasteiger partial charge is 0.165 e. The van der Waals surface area contributed by atoms with Gasteiger partial charge in [-0.2, -0.15) is 0 Å². The molecule has 0 aliphatic carbocycles. The van der Waals surface area contributed by atoms with Gasteiger partial charge in [0.15, 0.2) is 5.84 Å². The molecule has 2 aromatic rings. The third-order valence-corrected chi connectivity index (χ3v) is 3.10. The quantitative estimate of drug-likeness (QED) is 0.380. The highest BCUT2D eigenvalue weighted by atomic mass is 16.5. The van der Waals surface area contributed by atoms with Crippen molar-refractivity contribution in [2.45, 2.75) is 13.0 Å². The van der Waals surface area contributed by atoms with Gasteiger partial charge in [0.05, 0.1) is 0 Å². The normalized spacial score (nSPS) is 13.2. The summed E-state index contributed by atoms with van der Waals surface area (Å²) in [5.41, 5.74) is 8.74. The summed E-state index contributed by atoms with van der Waals surface area (Å²) < 4.78 is 5.83. The summed E-state index contributed by atoms with van der Waals surface area (Å²) in [6, 6.07) is 17.9. The van der Waals surface area contributed by atoms with Crippen LogP contribution in [0.4, 0.5) is 0 Å². The van der Waals surface area contributed by atoms with E-state index in [4.69, 9.17) is 15.7 Å². The minimum Gasteiger partial charge on any atom is -0.409 e. The molecule has 1 unspecified atom stereocenters. The number of hydrogen-bond donors (Lipinski definition) is 2. The summed E-state index contributed by atoms with van der Waals surface area (Å²) in [7, 11) is 0. The van der Waals surface area contributed by atoms with Gasteiger partial charge in [-0.25, -0.2) is 0 Å². The minimum atomic E-state index is -0.238. The molecule has 0 saturated heterocycles. The molecule has 4 nitrogen and oxygen atoms in total. The summed E-state index contributed by atoms with van der Waals surface area (Å²) in [5.74, 6) is 0.0551. The van der Waals surface area contributed by atoms with E-state index in [0.29, 0.717) is 0 Å². The Kier molecular flexibility index (Phi) is 4.74. The molecule has 104 valence electrons. The number of oxime groups is 1.